The minimum Gasteiger partial charge on any atom is -0.274 e. The van der Waals surface area contributed by atoms with Crippen LogP contribution in [0.4, 0.5) is 4.39 Å². The van der Waals surface area contributed by atoms with Crippen molar-refractivity contribution in [2.75, 3.05) is 11.5 Å². The van der Waals surface area contributed by atoms with E-state index >= 15 is 0 Å². The highest BCUT2D eigenvalue weighted by Gasteiger charge is 2.31. The third-order valence-electron chi connectivity index (χ3n) is 5.67. The number of nitrogens with zero attached hydrogens (tertiary/aromatic N) is 4. The molecule has 0 N–H and O–H groups in total. The van der Waals surface area contributed by atoms with E-state index in [9.17, 15) is 18.2 Å². The number of imide groups is 1. The molecule has 0 bridgehead atoms. The van der Waals surface area contributed by atoms with Crippen LogP contribution in [0.15, 0.2) is 54.7 Å². The Morgan fingerprint density at radius 3 is 2.62 bits per heavy atom. The lowest BCUT2D eigenvalue weighted by Crippen LogP contribution is -2.41. The second-order valence-corrected chi connectivity index (χ2v) is 9.35. The van der Waals surface area contributed by atoms with E-state index in [1.54, 1.807) is 42.6 Å². The van der Waals surface area contributed by atoms with Crippen LogP contribution in [0.1, 0.15) is 47.4 Å². The van der Waals surface area contributed by atoms with Gasteiger partial charge in [-0.05, 0) is 35.8 Å². The smallest absolute Gasteiger partial charge is 0.261 e. The minimum atomic E-state index is -0.867. The number of halogens is 1. The second kappa shape index (κ2) is 10.2. The molecule has 0 radical (unpaired) electrons. The normalized spacial score (nSPS) is 17.6. The molecule has 0 spiro atoms. The molecular formula is C25H25FN4O3S. The molecule has 3 aromatic rings. The van der Waals surface area contributed by atoms with Crippen LogP contribution in [0.2, 0.25) is 0 Å². The van der Waals surface area contributed by atoms with Crippen molar-refractivity contribution < 1.29 is 18.2 Å². The topological polar surface area (TPSA) is 85.2 Å². The zero-order chi connectivity index (χ0) is 24.2. The first-order valence-corrected chi connectivity index (χ1v) is 12.7. The quantitative estimate of drug-likeness (QED) is 0.532. The molecule has 9 heteroatoms. The van der Waals surface area contributed by atoms with Gasteiger partial charge in [-0.1, -0.05) is 43.3 Å². The average molecular weight is 481 g/mol. The summed E-state index contributed by atoms with van der Waals surface area (Å²) in [6.07, 6.45) is 4.15. The van der Waals surface area contributed by atoms with E-state index in [1.807, 2.05) is 19.9 Å². The fourth-order valence-corrected chi connectivity index (χ4v) is 4.97. The molecule has 0 fully saturated rings. The van der Waals surface area contributed by atoms with Crippen molar-refractivity contribution in [1.29, 1.82) is 0 Å². The second-order valence-electron chi connectivity index (χ2n) is 7.73. The Kier molecular flexibility index (Phi) is 7.12. The Morgan fingerprint density at radius 1 is 1.09 bits per heavy atom. The first-order valence-electron chi connectivity index (χ1n) is 11.2. The molecule has 0 aliphatic carbocycles. The number of hydrogen-bond donors (Lipinski definition) is 0. The molecule has 2 aromatic carbocycles. The summed E-state index contributed by atoms with van der Waals surface area (Å²) in [5.41, 5.74) is 3.49. The van der Waals surface area contributed by atoms with Gasteiger partial charge in [-0.3, -0.25) is 18.7 Å². The summed E-state index contributed by atoms with van der Waals surface area (Å²) < 4.78 is 27.7. The maximum atomic E-state index is 14.8. The number of benzene rings is 2. The summed E-state index contributed by atoms with van der Waals surface area (Å²) in [5.74, 6) is -0.0560. The molecule has 7 nitrogen and oxygen atoms in total. The molecule has 176 valence electrons. The van der Waals surface area contributed by atoms with Crippen LogP contribution in [-0.4, -0.2) is 47.4 Å². The van der Waals surface area contributed by atoms with Crippen LogP contribution in [-0.2, 0) is 28.6 Å². The Labute approximate surface area is 199 Å². The van der Waals surface area contributed by atoms with Gasteiger partial charge in [0.05, 0.1) is 24.8 Å². The number of amides is 2. The van der Waals surface area contributed by atoms with Gasteiger partial charge in [-0.2, -0.15) is 0 Å². The Hall–Kier alpha value is -3.46. The number of fused-ring (bicyclic) bond motifs is 1. The van der Waals surface area contributed by atoms with Gasteiger partial charge in [0, 0.05) is 39.5 Å². The third kappa shape index (κ3) is 4.75. The summed E-state index contributed by atoms with van der Waals surface area (Å²) in [4.78, 5) is 26.4. The van der Waals surface area contributed by atoms with Gasteiger partial charge >= 0.3 is 0 Å². The van der Waals surface area contributed by atoms with Crippen LogP contribution in [0, 0.1) is 5.82 Å². The standard InChI is InChI=1S/C23H19FN4O3S.C2H6/c24-21-12-18(5-6-19(21)15-7-9-32(31)10-8-15)28-14-17(25-26-28)13-27-22(29)11-16-3-1-2-4-20(16)23(27)30;1-2/h1-7,12,14H,8-11,13H2;1-2H3. The van der Waals surface area contributed by atoms with Crippen molar-refractivity contribution in [2.45, 2.75) is 33.2 Å². The molecule has 1 atom stereocenters. The van der Waals surface area contributed by atoms with E-state index < -0.39 is 16.6 Å². The SMILES string of the molecule is CC.O=C1Cc2ccccc2C(=O)N1Cc1cn(-c2ccc(C3=CCS(=O)CC3)c(F)c2)nn1. The maximum Gasteiger partial charge on any atom is 0.261 e. The number of hydrogen-bond acceptors (Lipinski definition) is 5. The predicted octanol–water partition coefficient (Wildman–Crippen LogP) is 3.69. The van der Waals surface area contributed by atoms with Gasteiger partial charge in [-0.15, -0.1) is 5.10 Å². The fraction of sp³-hybridized carbons (Fsp3) is 0.280. The van der Waals surface area contributed by atoms with E-state index in [0.717, 1.165) is 11.1 Å². The van der Waals surface area contributed by atoms with Crippen molar-refractivity contribution in [2.24, 2.45) is 0 Å². The summed E-state index contributed by atoms with van der Waals surface area (Å²) in [5, 5.41) is 8.10. The van der Waals surface area contributed by atoms with Crippen LogP contribution in [0.5, 0.6) is 0 Å². The van der Waals surface area contributed by atoms with Gasteiger partial charge < -0.3 is 0 Å². The number of rotatable bonds is 4. The highest BCUT2D eigenvalue weighted by Crippen LogP contribution is 2.26. The molecule has 1 aromatic heterocycles. The molecule has 2 aliphatic rings. The van der Waals surface area contributed by atoms with E-state index in [1.165, 1.54) is 15.6 Å². The minimum absolute atomic E-state index is 0.00338. The van der Waals surface area contributed by atoms with Crippen LogP contribution >= 0.6 is 0 Å². The molecule has 2 aliphatic heterocycles. The van der Waals surface area contributed by atoms with E-state index in [2.05, 4.69) is 10.3 Å². The zero-order valence-electron chi connectivity index (χ0n) is 19.0. The number of allylic oxidation sites excluding steroid dienone is 1. The number of carbonyl (C=O) groups is 2. The first kappa shape index (κ1) is 23.7. The number of carbonyl (C=O) groups excluding carboxylic acids is 2. The molecule has 0 saturated carbocycles. The zero-order valence-corrected chi connectivity index (χ0v) is 19.8. The van der Waals surface area contributed by atoms with Crippen LogP contribution in [0.3, 0.4) is 0 Å². The lowest BCUT2D eigenvalue weighted by Gasteiger charge is -2.25. The molecule has 3 heterocycles. The summed E-state index contributed by atoms with van der Waals surface area (Å²) in [6, 6.07) is 11.8. The summed E-state index contributed by atoms with van der Waals surface area (Å²) >= 11 is 0. The third-order valence-corrected chi connectivity index (χ3v) is 6.87. The molecule has 5 rings (SSSR count). The molecule has 34 heavy (non-hydrogen) atoms. The molecule has 2 amide bonds. The van der Waals surface area contributed by atoms with Crippen molar-refractivity contribution in [3.05, 3.63) is 82.9 Å². The van der Waals surface area contributed by atoms with Gasteiger partial charge in [0.2, 0.25) is 5.91 Å². The van der Waals surface area contributed by atoms with E-state index in [-0.39, 0.29) is 24.8 Å². The Balaban J connectivity index is 0.00000133. The van der Waals surface area contributed by atoms with Crippen molar-refractivity contribution in [3.8, 4) is 5.69 Å². The lowest BCUT2D eigenvalue weighted by atomic mass is 9.98. The van der Waals surface area contributed by atoms with E-state index in [4.69, 9.17) is 0 Å². The van der Waals surface area contributed by atoms with Gasteiger partial charge in [0.1, 0.15) is 11.5 Å². The molecular weight excluding hydrogens is 455 g/mol. The lowest BCUT2D eigenvalue weighted by molar-refractivity contribution is -0.128. The number of aromatic nitrogens is 3. The molecule has 0 saturated heterocycles. The fourth-order valence-electron chi connectivity index (χ4n) is 3.97. The first-order chi connectivity index (χ1) is 16.5. The van der Waals surface area contributed by atoms with Gasteiger partial charge in [0.25, 0.3) is 5.91 Å². The average Bonchev–Trinajstić information content (AvgIpc) is 3.32. The van der Waals surface area contributed by atoms with Gasteiger partial charge in [0.15, 0.2) is 0 Å². The predicted molar refractivity (Wildman–Crippen MR) is 128 cm³/mol. The van der Waals surface area contributed by atoms with Crippen molar-refractivity contribution in [1.82, 2.24) is 19.9 Å². The summed E-state index contributed by atoms with van der Waals surface area (Å²) in [6.45, 7) is 4.00. The van der Waals surface area contributed by atoms with Crippen molar-refractivity contribution >= 4 is 28.2 Å². The van der Waals surface area contributed by atoms with Crippen molar-refractivity contribution in [3.63, 3.8) is 0 Å². The molecule has 1 unspecified atom stereocenters. The van der Waals surface area contributed by atoms with Crippen LogP contribution < -0.4 is 0 Å². The van der Waals surface area contributed by atoms with Crippen LogP contribution in [0.25, 0.3) is 11.3 Å². The maximum absolute atomic E-state index is 14.8. The van der Waals surface area contributed by atoms with E-state index in [0.29, 0.717) is 40.4 Å². The summed E-state index contributed by atoms with van der Waals surface area (Å²) in [7, 11) is -0.867. The Morgan fingerprint density at radius 2 is 1.88 bits per heavy atom. The Bertz CT molecular complexity index is 1300. The van der Waals surface area contributed by atoms with Gasteiger partial charge in [-0.25, -0.2) is 9.07 Å². The monoisotopic (exact) mass is 480 g/mol. The highest BCUT2D eigenvalue weighted by atomic mass is 32.2. The highest BCUT2D eigenvalue weighted by molar-refractivity contribution is 7.85. The largest absolute Gasteiger partial charge is 0.274 e.